The highest BCUT2D eigenvalue weighted by Crippen LogP contribution is 2.19. The van der Waals surface area contributed by atoms with Crippen molar-refractivity contribution in [3.63, 3.8) is 0 Å². The standard InChI is InChI=1S/C13H20N2O2.C2H6/c1-11-10-12(14)2-3-13(11)17-9-6-15-4-7-16-8-5-15;1-2/h2-3,10H,4-9,14H2,1H3;1-2H3. The zero-order valence-corrected chi connectivity index (χ0v) is 12.3. The van der Waals surface area contributed by atoms with Crippen LogP contribution in [-0.2, 0) is 4.74 Å². The Morgan fingerprint density at radius 2 is 1.95 bits per heavy atom. The van der Waals surface area contributed by atoms with Gasteiger partial charge in [-0.25, -0.2) is 0 Å². The number of hydrogen-bond acceptors (Lipinski definition) is 4. The van der Waals surface area contributed by atoms with E-state index in [2.05, 4.69) is 4.90 Å². The van der Waals surface area contributed by atoms with Crippen LogP contribution in [-0.4, -0.2) is 44.4 Å². The maximum atomic E-state index is 5.76. The van der Waals surface area contributed by atoms with Crippen molar-refractivity contribution < 1.29 is 9.47 Å². The smallest absolute Gasteiger partial charge is 0.122 e. The second-order valence-electron chi connectivity index (χ2n) is 4.33. The van der Waals surface area contributed by atoms with Crippen LogP contribution in [0.3, 0.4) is 0 Å². The van der Waals surface area contributed by atoms with E-state index in [4.69, 9.17) is 15.2 Å². The molecule has 0 unspecified atom stereocenters. The lowest BCUT2D eigenvalue weighted by atomic mass is 10.2. The molecule has 108 valence electrons. The molecule has 0 atom stereocenters. The Hall–Kier alpha value is -1.26. The van der Waals surface area contributed by atoms with E-state index >= 15 is 0 Å². The van der Waals surface area contributed by atoms with Crippen molar-refractivity contribution in [2.75, 3.05) is 45.2 Å². The summed E-state index contributed by atoms with van der Waals surface area (Å²) in [5, 5.41) is 0. The lowest BCUT2D eigenvalue weighted by Crippen LogP contribution is -2.38. The summed E-state index contributed by atoms with van der Waals surface area (Å²) in [4.78, 5) is 2.36. The summed E-state index contributed by atoms with van der Waals surface area (Å²) in [5.74, 6) is 0.924. The third-order valence-corrected chi connectivity index (χ3v) is 2.97. The highest BCUT2D eigenvalue weighted by Gasteiger charge is 2.09. The van der Waals surface area contributed by atoms with Gasteiger partial charge in [0.05, 0.1) is 13.2 Å². The third kappa shape index (κ3) is 5.49. The van der Waals surface area contributed by atoms with Gasteiger partial charge in [0.2, 0.25) is 0 Å². The van der Waals surface area contributed by atoms with E-state index in [0.29, 0.717) is 6.61 Å². The number of anilines is 1. The molecule has 1 aromatic rings. The molecule has 1 saturated heterocycles. The van der Waals surface area contributed by atoms with Gasteiger partial charge in [-0.2, -0.15) is 0 Å². The van der Waals surface area contributed by atoms with Crippen molar-refractivity contribution >= 4 is 5.69 Å². The van der Waals surface area contributed by atoms with E-state index in [1.54, 1.807) is 0 Å². The van der Waals surface area contributed by atoms with Gasteiger partial charge < -0.3 is 15.2 Å². The molecule has 19 heavy (non-hydrogen) atoms. The van der Waals surface area contributed by atoms with Gasteiger partial charge in [0.1, 0.15) is 12.4 Å². The van der Waals surface area contributed by atoms with Gasteiger partial charge in [0, 0.05) is 25.3 Å². The van der Waals surface area contributed by atoms with Crippen molar-refractivity contribution in [2.24, 2.45) is 0 Å². The second kappa shape index (κ2) is 8.77. The summed E-state index contributed by atoms with van der Waals surface area (Å²) in [6.45, 7) is 11.4. The maximum absolute atomic E-state index is 5.76. The Kier molecular flexibility index (Phi) is 7.30. The fraction of sp³-hybridized carbons (Fsp3) is 0.600. The molecule has 0 spiro atoms. The maximum Gasteiger partial charge on any atom is 0.122 e. The number of aryl methyl sites for hydroxylation is 1. The number of ether oxygens (including phenoxy) is 2. The molecule has 4 nitrogen and oxygen atoms in total. The largest absolute Gasteiger partial charge is 0.492 e. The molecule has 1 aliphatic heterocycles. The first kappa shape index (κ1) is 15.8. The number of nitrogens with two attached hydrogens (primary N) is 1. The molecule has 4 heteroatoms. The summed E-state index contributed by atoms with van der Waals surface area (Å²) in [5.41, 5.74) is 7.57. The molecule has 0 aliphatic carbocycles. The van der Waals surface area contributed by atoms with Gasteiger partial charge >= 0.3 is 0 Å². The molecule has 1 aliphatic rings. The van der Waals surface area contributed by atoms with E-state index < -0.39 is 0 Å². The minimum Gasteiger partial charge on any atom is -0.492 e. The van der Waals surface area contributed by atoms with Crippen LogP contribution in [0.25, 0.3) is 0 Å². The van der Waals surface area contributed by atoms with E-state index in [-0.39, 0.29) is 0 Å². The summed E-state index contributed by atoms with van der Waals surface area (Å²) in [6.07, 6.45) is 0. The van der Waals surface area contributed by atoms with Crippen molar-refractivity contribution in [1.82, 2.24) is 4.90 Å². The Bertz CT molecular complexity index is 363. The Morgan fingerprint density at radius 1 is 1.26 bits per heavy atom. The molecule has 2 N–H and O–H groups in total. The molecular weight excluding hydrogens is 240 g/mol. The first-order valence-electron chi connectivity index (χ1n) is 7.05. The normalized spacial score (nSPS) is 15.5. The average Bonchev–Trinajstić information content (AvgIpc) is 2.45. The predicted molar refractivity (Wildman–Crippen MR) is 79.7 cm³/mol. The lowest BCUT2D eigenvalue weighted by Gasteiger charge is -2.26. The van der Waals surface area contributed by atoms with Crippen molar-refractivity contribution in [3.8, 4) is 5.75 Å². The first-order chi connectivity index (χ1) is 9.25. The molecule has 0 bridgehead atoms. The van der Waals surface area contributed by atoms with Gasteiger partial charge in [0.25, 0.3) is 0 Å². The predicted octanol–water partition coefficient (Wildman–Crippen LogP) is 2.31. The summed E-state index contributed by atoms with van der Waals surface area (Å²) in [7, 11) is 0. The first-order valence-corrected chi connectivity index (χ1v) is 7.05. The molecule has 1 aromatic carbocycles. The highest BCUT2D eigenvalue weighted by molar-refractivity contribution is 5.47. The van der Waals surface area contributed by atoms with Crippen molar-refractivity contribution in [2.45, 2.75) is 20.8 Å². The zero-order chi connectivity index (χ0) is 14.1. The van der Waals surface area contributed by atoms with Gasteiger partial charge in [-0.1, -0.05) is 13.8 Å². The molecule has 1 heterocycles. The topological polar surface area (TPSA) is 47.7 Å². The Labute approximate surface area is 116 Å². The average molecular weight is 266 g/mol. The zero-order valence-electron chi connectivity index (χ0n) is 12.3. The number of benzene rings is 1. The Balaban J connectivity index is 0.000000861. The minimum absolute atomic E-state index is 0.713. The number of morpholine rings is 1. The molecular formula is C15H26N2O2. The van der Waals surface area contributed by atoms with Crippen LogP contribution in [0.15, 0.2) is 18.2 Å². The van der Waals surface area contributed by atoms with E-state index in [9.17, 15) is 0 Å². The summed E-state index contributed by atoms with van der Waals surface area (Å²) < 4.78 is 11.1. The number of nitrogen functional groups attached to an aromatic ring is 1. The molecule has 0 saturated carbocycles. The van der Waals surface area contributed by atoms with Gasteiger partial charge in [0.15, 0.2) is 0 Å². The third-order valence-electron chi connectivity index (χ3n) is 2.97. The van der Waals surface area contributed by atoms with Crippen molar-refractivity contribution in [3.05, 3.63) is 23.8 Å². The van der Waals surface area contributed by atoms with Crippen molar-refractivity contribution in [1.29, 1.82) is 0 Å². The lowest BCUT2D eigenvalue weighted by molar-refractivity contribution is 0.0322. The summed E-state index contributed by atoms with van der Waals surface area (Å²) in [6, 6.07) is 5.74. The van der Waals surface area contributed by atoms with Gasteiger partial charge in [-0.3, -0.25) is 4.90 Å². The van der Waals surface area contributed by atoms with E-state index in [1.807, 2.05) is 39.0 Å². The highest BCUT2D eigenvalue weighted by atomic mass is 16.5. The van der Waals surface area contributed by atoms with E-state index in [0.717, 1.165) is 49.8 Å². The van der Waals surface area contributed by atoms with Crippen LogP contribution in [0.5, 0.6) is 5.75 Å². The molecule has 0 aromatic heterocycles. The van der Waals surface area contributed by atoms with Crippen LogP contribution in [0, 0.1) is 6.92 Å². The fourth-order valence-electron chi connectivity index (χ4n) is 1.94. The van der Waals surface area contributed by atoms with Gasteiger partial charge in [-0.05, 0) is 30.7 Å². The quantitative estimate of drug-likeness (QED) is 0.850. The molecule has 1 fully saturated rings. The molecule has 0 amide bonds. The van der Waals surface area contributed by atoms with Crippen LogP contribution in [0.1, 0.15) is 19.4 Å². The number of rotatable bonds is 4. The van der Waals surface area contributed by atoms with E-state index in [1.165, 1.54) is 0 Å². The number of nitrogens with zero attached hydrogens (tertiary/aromatic N) is 1. The SMILES string of the molecule is CC.Cc1cc(N)ccc1OCCN1CCOCC1. The van der Waals surface area contributed by atoms with Gasteiger partial charge in [-0.15, -0.1) is 0 Å². The fourth-order valence-corrected chi connectivity index (χ4v) is 1.94. The molecule has 0 radical (unpaired) electrons. The number of hydrogen-bond donors (Lipinski definition) is 1. The van der Waals surface area contributed by atoms with Crippen LogP contribution in [0.2, 0.25) is 0 Å². The summed E-state index contributed by atoms with van der Waals surface area (Å²) >= 11 is 0. The van der Waals surface area contributed by atoms with Crippen LogP contribution >= 0.6 is 0 Å². The monoisotopic (exact) mass is 266 g/mol. The van der Waals surface area contributed by atoms with Crippen LogP contribution < -0.4 is 10.5 Å². The van der Waals surface area contributed by atoms with Crippen LogP contribution in [0.4, 0.5) is 5.69 Å². The Morgan fingerprint density at radius 3 is 2.58 bits per heavy atom. The molecule has 2 rings (SSSR count). The minimum atomic E-state index is 0.713. The second-order valence-corrected chi connectivity index (χ2v) is 4.33.